The van der Waals surface area contributed by atoms with E-state index in [1.165, 1.54) is 17.2 Å². The van der Waals surface area contributed by atoms with E-state index in [1.807, 2.05) is 30.3 Å². The van der Waals surface area contributed by atoms with Crippen LogP contribution in [0.4, 0.5) is 0 Å². The van der Waals surface area contributed by atoms with Crippen molar-refractivity contribution < 1.29 is 23.4 Å². The highest BCUT2D eigenvalue weighted by molar-refractivity contribution is 5.91. The summed E-state index contributed by atoms with van der Waals surface area (Å²) in [5.74, 6) is 1.71. The van der Waals surface area contributed by atoms with Crippen LogP contribution in [0, 0.1) is 0 Å². The van der Waals surface area contributed by atoms with Crippen LogP contribution in [0.5, 0.6) is 11.5 Å². The average Bonchev–Trinajstić information content (AvgIpc) is 3.54. The van der Waals surface area contributed by atoms with Crippen molar-refractivity contribution in [1.82, 2.24) is 20.2 Å². The fraction of sp³-hybridized carbons (Fsp3) is 0.333. The van der Waals surface area contributed by atoms with Crippen LogP contribution in [0.3, 0.4) is 0 Å². The molecule has 0 aliphatic heterocycles. The van der Waals surface area contributed by atoms with Gasteiger partial charge in [0.15, 0.2) is 5.69 Å². The zero-order valence-electron chi connectivity index (χ0n) is 20.9. The molecule has 9 heteroatoms. The summed E-state index contributed by atoms with van der Waals surface area (Å²) < 4.78 is 21.7. The number of amides is 1. The minimum atomic E-state index is -0.290. The van der Waals surface area contributed by atoms with Crippen LogP contribution in [0.15, 0.2) is 59.3 Å². The van der Waals surface area contributed by atoms with Crippen molar-refractivity contribution >= 4 is 16.8 Å². The number of aromatic amines is 1. The van der Waals surface area contributed by atoms with Crippen LogP contribution in [-0.2, 0) is 24.2 Å². The molecule has 0 atom stereocenters. The smallest absolute Gasteiger partial charge is 0.273 e. The monoisotopic (exact) mass is 492 g/mol. The van der Waals surface area contributed by atoms with Gasteiger partial charge in [-0.25, -0.2) is 4.98 Å². The maximum Gasteiger partial charge on any atom is 0.273 e. The summed E-state index contributed by atoms with van der Waals surface area (Å²) in [6.45, 7) is 2.58. The highest BCUT2D eigenvalue weighted by Gasteiger charge is 2.18. The van der Waals surface area contributed by atoms with E-state index in [0.29, 0.717) is 32.1 Å². The molecule has 9 nitrogen and oxygen atoms in total. The van der Waals surface area contributed by atoms with Gasteiger partial charge in [-0.2, -0.15) is 0 Å². The number of aromatic nitrogens is 2. The predicted octanol–water partition coefficient (Wildman–Crippen LogP) is 3.79. The Morgan fingerprint density at radius 1 is 1.08 bits per heavy atom. The average molecular weight is 493 g/mol. The van der Waals surface area contributed by atoms with Crippen LogP contribution in [-0.4, -0.2) is 61.8 Å². The molecule has 0 spiro atoms. The van der Waals surface area contributed by atoms with E-state index in [9.17, 15) is 4.79 Å². The largest absolute Gasteiger partial charge is 0.497 e. The summed E-state index contributed by atoms with van der Waals surface area (Å²) in [7, 11) is 4.89. The molecule has 0 aliphatic rings. The summed E-state index contributed by atoms with van der Waals surface area (Å²) in [4.78, 5) is 22.3. The number of nitrogens with one attached hydrogen (secondary N) is 2. The Morgan fingerprint density at radius 3 is 2.75 bits per heavy atom. The maximum absolute atomic E-state index is 12.3. The Labute approximate surface area is 210 Å². The van der Waals surface area contributed by atoms with Gasteiger partial charge < -0.3 is 28.9 Å². The van der Waals surface area contributed by atoms with E-state index in [4.69, 9.17) is 18.6 Å². The minimum Gasteiger partial charge on any atom is -0.497 e. The van der Waals surface area contributed by atoms with Gasteiger partial charge in [0.2, 0.25) is 5.89 Å². The summed E-state index contributed by atoms with van der Waals surface area (Å²) in [5, 5.41) is 3.97. The third-order valence-corrected chi connectivity index (χ3v) is 5.99. The second-order valence-electron chi connectivity index (χ2n) is 8.37. The lowest BCUT2D eigenvalue weighted by Crippen LogP contribution is -2.28. The third-order valence-electron chi connectivity index (χ3n) is 5.99. The standard InChI is InChI=1S/C27H32N4O5/c1-33-13-11-28-27(32)24-18-36-26(30-24)17-31(16-20-14-21(34-2)8-9-25(20)35-3)12-10-19-15-29-23-7-5-4-6-22(19)23/h4-9,14-15,18,29H,10-13,16-17H2,1-3H3,(H,28,32). The maximum atomic E-state index is 12.3. The van der Waals surface area contributed by atoms with E-state index in [2.05, 4.69) is 38.5 Å². The molecule has 4 rings (SSSR count). The summed E-state index contributed by atoms with van der Waals surface area (Å²) >= 11 is 0. The molecule has 2 aromatic carbocycles. The fourth-order valence-corrected chi connectivity index (χ4v) is 4.11. The van der Waals surface area contributed by atoms with Gasteiger partial charge in [-0.15, -0.1) is 0 Å². The number of hydrogen-bond donors (Lipinski definition) is 2. The molecule has 1 amide bonds. The van der Waals surface area contributed by atoms with Crippen molar-refractivity contribution in [2.45, 2.75) is 19.5 Å². The first-order valence-electron chi connectivity index (χ1n) is 11.8. The zero-order valence-corrected chi connectivity index (χ0v) is 20.9. The van der Waals surface area contributed by atoms with Crippen molar-refractivity contribution in [3.63, 3.8) is 0 Å². The van der Waals surface area contributed by atoms with E-state index in [1.54, 1.807) is 21.3 Å². The quantitative estimate of drug-likeness (QED) is 0.274. The number of rotatable bonds is 13. The van der Waals surface area contributed by atoms with E-state index >= 15 is 0 Å². The van der Waals surface area contributed by atoms with Crippen molar-refractivity contribution in [1.29, 1.82) is 0 Å². The number of hydrogen-bond acceptors (Lipinski definition) is 7. The Morgan fingerprint density at radius 2 is 1.94 bits per heavy atom. The molecular weight excluding hydrogens is 460 g/mol. The number of para-hydroxylation sites is 1. The first-order chi connectivity index (χ1) is 17.6. The highest BCUT2D eigenvalue weighted by atomic mass is 16.5. The lowest BCUT2D eigenvalue weighted by molar-refractivity contribution is 0.0932. The van der Waals surface area contributed by atoms with Crippen molar-refractivity contribution in [3.8, 4) is 11.5 Å². The molecule has 0 unspecified atom stereocenters. The number of carbonyl (C=O) groups is 1. The molecule has 0 saturated heterocycles. The fourth-order valence-electron chi connectivity index (χ4n) is 4.11. The highest BCUT2D eigenvalue weighted by Crippen LogP contribution is 2.26. The molecule has 2 heterocycles. The number of carbonyl (C=O) groups excluding carboxylic acids is 1. The number of benzene rings is 2. The van der Waals surface area contributed by atoms with Gasteiger partial charge in [-0.1, -0.05) is 18.2 Å². The normalized spacial score (nSPS) is 11.2. The van der Waals surface area contributed by atoms with Gasteiger partial charge in [0, 0.05) is 49.4 Å². The van der Waals surface area contributed by atoms with Crippen LogP contribution >= 0.6 is 0 Å². The first-order valence-corrected chi connectivity index (χ1v) is 11.8. The molecule has 0 bridgehead atoms. The molecule has 2 aromatic heterocycles. The van der Waals surface area contributed by atoms with E-state index < -0.39 is 0 Å². The zero-order chi connectivity index (χ0) is 25.3. The molecule has 36 heavy (non-hydrogen) atoms. The first kappa shape index (κ1) is 25.3. The number of fused-ring (bicyclic) bond motifs is 1. The SMILES string of the molecule is COCCNC(=O)c1coc(CN(CCc2c[nH]c3ccccc23)Cc2cc(OC)ccc2OC)n1. The van der Waals surface area contributed by atoms with Crippen molar-refractivity contribution in [2.75, 3.05) is 41.0 Å². The van der Waals surface area contributed by atoms with Crippen LogP contribution in [0.2, 0.25) is 0 Å². The van der Waals surface area contributed by atoms with E-state index in [-0.39, 0.29) is 11.6 Å². The van der Waals surface area contributed by atoms with Gasteiger partial charge in [0.1, 0.15) is 17.8 Å². The number of H-pyrrole nitrogens is 1. The second kappa shape index (κ2) is 12.2. The van der Waals surface area contributed by atoms with Crippen molar-refractivity contribution in [2.24, 2.45) is 0 Å². The van der Waals surface area contributed by atoms with Crippen LogP contribution in [0.1, 0.15) is 27.5 Å². The van der Waals surface area contributed by atoms with Gasteiger partial charge in [0.05, 0.1) is 27.4 Å². The molecule has 0 saturated carbocycles. The Bertz CT molecular complexity index is 1280. The molecule has 4 aromatic rings. The molecule has 2 N–H and O–H groups in total. The van der Waals surface area contributed by atoms with Gasteiger partial charge in [0.25, 0.3) is 5.91 Å². The summed E-state index contributed by atoms with van der Waals surface area (Å²) in [6, 6.07) is 14.0. The van der Waals surface area contributed by atoms with E-state index in [0.717, 1.165) is 35.5 Å². The Hall–Kier alpha value is -3.82. The van der Waals surface area contributed by atoms with Crippen molar-refractivity contribution in [3.05, 3.63) is 77.6 Å². The number of ether oxygens (including phenoxy) is 3. The number of oxazole rings is 1. The Balaban J connectivity index is 1.52. The van der Waals surface area contributed by atoms with Gasteiger partial charge in [-0.3, -0.25) is 9.69 Å². The lowest BCUT2D eigenvalue weighted by atomic mass is 10.1. The number of nitrogens with zero attached hydrogens (tertiary/aromatic N) is 2. The molecular formula is C27H32N4O5. The molecule has 0 radical (unpaired) electrons. The lowest BCUT2D eigenvalue weighted by Gasteiger charge is -2.22. The van der Waals surface area contributed by atoms with Gasteiger partial charge in [-0.05, 0) is 36.2 Å². The predicted molar refractivity (Wildman–Crippen MR) is 136 cm³/mol. The van der Waals surface area contributed by atoms with Gasteiger partial charge >= 0.3 is 0 Å². The number of methoxy groups -OCH3 is 3. The Kier molecular flexibility index (Phi) is 8.59. The molecule has 0 fully saturated rings. The molecule has 0 aliphatic carbocycles. The summed E-state index contributed by atoms with van der Waals surface area (Å²) in [6.07, 6.45) is 4.27. The topological polar surface area (TPSA) is 102 Å². The second-order valence-corrected chi connectivity index (χ2v) is 8.37. The summed E-state index contributed by atoms with van der Waals surface area (Å²) in [5.41, 5.74) is 3.58. The molecule has 190 valence electrons. The van der Waals surface area contributed by atoms with Crippen LogP contribution in [0.25, 0.3) is 10.9 Å². The minimum absolute atomic E-state index is 0.247. The van der Waals surface area contributed by atoms with Crippen LogP contribution < -0.4 is 14.8 Å². The third kappa shape index (κ3) is 6.24.